The van der Waals surface area contributed by atoms with Gasteiger partial charge in [-0.15, -0.1) is 11.3 Å². The fraction of sp³-hybridized carbons (Fsp3) is 0.500. The minimum atomic E-state index is -3.67. The molecule has 0 aliphatic heterocycles. The van der Waals surface area contributed by atoms with Crippen LogP contribution in [0.4, 0.5) is 0 Å². The number of methoxy groups -OCH3 is 1. The number of hydrogen-bond donors (Lipinski definition) is 2. The van der Waals surface area contributed by atoms with Crippen molar-refractivity contribution in [2.24, 2.45) is 0 Å². The number of carbonyl (C=O) groups is 1. The third-order valence-corrected chi connectivity index (χ3v) is 5.90. The zero-order chi connectivity index (χ0) is 14.5. The molecule has 1 aromatic rings. The molecule has 0 spiro atoms. The Morgan fingerprint density at radius 3 is 2.79 bits per heavy atom. The lowest BCUT2D eigenvalue weighted by Crippen LogP contribution is -2.24. The van der Waals surface area contributed by atoms with E-state index in [9.17, 15) is 13.2 Å². The van der Waals surface area contributed by atoms with Crippen LogP contribution in [0.3, 0.4) is 0 Å². The first-order chi connectivity index (χ1) is 8.92. The highest BCUT2D eigenvalue weighted by atomic mass is 79.9. The quantitative estimate of drug-likeness (QED) is 0.557. The molecule has 0 atom stereocenters. The highest BCUT2D eigenvalue weighted by Crippen LogP contribution is 2.31. The summed E-state index contributed by atoms with van der Waals surface area (Å²) in [6.45, 7) is 0.259. The number of ether oxygens (including phenoxy) is 1. The Labute approximate surface area is 124 Å². The van der Waals surface area contributed by atoms with E-state index in [1.807, 2.05) is 0 Å². The van der Waals surface area contributed by atoms with E-state index in [0.717, 1.165) is 11.3 Å². The van der Waals surface area contributed by atoms with Crippen LogP contribution in [0, 0.1) is 0 Å². The Morgan fingerprint density at radius 1 is 1.53 bits per heavy atom. The third-order valence-electron chi connectivity index (χ3n) is 2.21. The molecular weight excluding hydrogens is 358 g/mol. The highest BCUT2D eigenvalue weighted by molar-refractivity contribution is 9.11. The molecule has 1 heterocycles. The lowest BCUT2D eigenvalue weighted by Gasteiger charge is -2.04. The number of halogens is 1. The topological polar surface area (TPSA) is 92.7 Å². The minimum absolute atomic E-state index is 0.0156. The van der Waals surface area contributed by atoms with Gasteiger partial charge in [-0.2, -0.15) is 0 Å². The molecule has 0 saturated carbocycles. The summed E-state index contributed by atoms with van der Waals surface area (Å²) in [7, 11) is -2.43. The van der Waals surface area contributed by atoms with E-state index in [1.165, 1.54) is 13.2 Å². The van der Waals surface area contributed by atoms with Gasteiger partial charge >= 0.3 is 5.97 Å². The van der Waals surface area contributed by atoms with Crippen LogP contribution in [-0.4, -0.2) is 39.8 Å². The molecule has 0 radical (unpaired) electrons. The fourth-order valence-corrected chi connectivity index (χ4v) is 4.81. The van der Waals surface area contributed by atoms with Crippen molar-refractivity contribution < 1.29 is 23.1 Å². The van der Waals surface area contributed by atoms with Gasteiger partial charge in [-0.25, -0.2) is 17.9 Å². The van der Waals surface area contributed by atoms with E-state index >= 15 is 0 Å². The first-order valence-corrected chi connectivity index (χ1v) is 8.50. The van der Waals surface area contributed by atoms with E-state index in [0.29, 0.717) is 16.6 Å². The minimum Gasteiger partial charge on any atom is -0.465 e. The smallest absolute Gasteiger partial charge is 0.348 e. The number of carbonyl (C=O) groups excluding carboxylic acids is 1. The number of aliphatic hydroxyl groups is 1. The van der Waals surface area contributed by atoms with Gasteiger partial charge in [-0.3, -0.25) is 0 Å². The van der Waals surface area contributed by atoms with Crippen LogP contribution in [0.2, 0.25) is 0 Å². The van der Waals surface area contributed by atoms with Gasteiger partial charge in [0.25, 0.3) is 0 Å². The summed E-state index contributed by atoms with van der Waals surface area (Å²) in [6.07, 6.45) is 1.07. The molecule has 0 amide bonds. The second-order valence-corrected chi connectivity index (χ2v) is 7.67. The number of unbranched alkanes of at least 4 members (excludes halogenated alkanes) is 1. The number of hydrogen-bond acceptors (Lipinski definition) is 6. The summed E-state index contributed by atoms with van der Waals surface area (Å²) >= 11 is 4.13. The monoisotopic (exact) mass is 371 g/mol. The zero-order valence-electron chi connectivity index (χ0n) is 10.2. The maximum atomic E-state index is 12.0. The van der Waals surface area contributed by atoms with Gasteiger partial charge in [0.15, 0.2) is 0 Å². The number of rotatable bonds is 7. The van der Waals surface area contributed by atoms with Gasteiger partial charge in [0, 0.05) is 13.2 Å². The van der Waals surface area contributed by atoms with E-state index in [2.05, 4.69) is 25.4 Å². The number of aliphatic hydroxyl groups excluding tert-OH is 1. The number of sulfonamides is 1. The molecule has 0 saturated heterocycles. The van der Waals surface area contributed by atoms with Crippen molar-refractivity contribution in [1.29, 1.82) is 0 Å². The molecule has 9 heteroatoms. The molecule has 1 aromatic heterocycles. The van der Waals surface area contributed by atoms with Crippen molar-refractivity contribution in [3.05, 3.63) is 14.7 Å². The van der Waals surface area contributed by atoms with Crippen LogP contribution in [-0.2, 0) is 14.8 Å². The van der Waals surface area contributed by atoms with Gasteiger partial charge in [0.2, 0.25) is 10.0 Å². The third kappa shape index (κ3) is 4.53. The predicted octanol–water partition coefficient (Wildman–Crippen LogP) is 1.35. The van der Waals surface area contributed by atoms with Gasteiger partial charge in [0.05, 0.1) is 10.9 Å². The van der Waals surface area contributed by atoms with Gasteiger partial charge in [-0.05, 0) is 34.8 Å². The highest BCUT2D eigenvalue weighted by Gasteiger charge is 2.23. The molecule has 6 nitrogen and oxygen atoms in total. The van der Waals surface area contributed by atoms with Crippen molar-refractivity contribution >= 4 is 43.3 Å². The molecular formula is C10H14BrNO5S2. The van der Waals surface area contributed by atoms with Gasteiger partial charge in [-0.1, -0.05) is 0 Å². The summed E-state index contributed by atoms with van der Waals surface area (Å²) in [5.41, 5.74) is 0. The molecule has 0 bridgehead atoms. The van der Waals surface area contributed by atoms with Crippen molar-refractivity contribution in [2.75, 3.05) is 20.3 Å². The van der Waals surface area contributed by atoms with E-state index in [-0.39, 0.29) is 22.9 Å². The van der Waals surface area contributed by atoms with Crippen LogP contribution < -0.4 is 4.72 Å². The largest absolute Gasteiger partial charge is 0.465 e. The van der Waals surface area contributed by atoms with Gasteiger partial charge < -0.3 is 9.84 Å². The molecule has 0 aromatic carbocycles. The normalized spacial score (nSPS) is 11.5. The van der Waals surface area contributed by atoms with E-state index in [1.54, 1.807) is 0 Å². The Morgan fingerprint density at radius 2 is 2.21 bits per heavy atom. The SMILES string of the molecule is COC(=O)c1cc(S(=O)(=O)NCCCCO)c(Br)s1. The first kappa shape index (κ1) is 16.6. The molecule has 0 aliphatic carbocycles. The van der Waals surface area contributed by atoms with Crippen LogP contribution in [0.1, 0.15) is 22.5 Å². The van der Waals surface area contributed by atoms with E-state index < -0.39 is 16.0 Å². The number of nitrogens with one attached hydrogen (secondary N) is 1. The van der Waals surface area contributed by atoms with Crippen LogP contribution in [0.5, 0.6) is 0 Å². The zero-order valence-corrected chi connectivity index (χ0v) is 13.4. The lowest BCUT2D eigenvalue weighted by atomic mass is 10.3. The summed E-state index contributed by atoms with van der Waals surface area (Å²) in [4.78, 5) is 11.6. The second-order valence-electron chi connectivity index (χ2n) is 3.57. The number of thiophene rings is 1. The van der Waals surface area contributed by atoms with Gasteiger partial charge in [0.1, 0.15) is 9.77 Å². The Balaban J connectivity index is 2.83. The van der Waals surface area contributed by atoms with E-state index in [4.69, 9.17) is 5.11 Å². The van der Waals surface area contributed by atoms with Crippen LogP contribution >= 0.6 is 27.3 Å². The first-order valence-electron chi connectivity index (χ1n) is 5.40. The van der Waals surface area contributed by atoms with Crippen molar-refractivity contribution in [2.45, 2.75) is 17.7 Å². The lowest BCUT2D eigenvalue weighted by molar-refractivity contribution is 0.0606. The summed E-state index contributed by atoms with van der Waals surface area (Å²) in [5, 5.41) is 8.61. The van der Waals surface area contributed by atoms with Crippen molar-refractivity contribution in [3.8, 4) is 0 Å². The second kappa shape index (κ2) is 7.34. The molecule has 0 fully saturated rings. The van der Waals surface area contributed by atoms with Crippen molar-refractivity contribution in [3.63, 3.8) is 0 Å². The molecule has 1 rings (SSSR count). The fourth-order valence-electron chi connectivity index (χ4n) is 1.26. The number of esters is 1. The Hall–Kier alpha value is -0.480. The average molecular weight is 372 g/mol. The Bertz CT molecular complexity index is 540. The molecule has 19 heavy (non-hydrogen) atoms. The maximum Gasteiger partial charge on any atom is 0.348 e. The maximum absolute atomic E-state index is 12.0. The summed E-state index contributed by atoms with van der Waals surface area (Å²) < 4.78 is 31.3. The van der Waals surface area contributed by atoms with Crippen LogP contribution in [0.15, 0.2) is 14.7 Å². The molecule has 0 unspecified atom stereocenters. The standard InChI is InChI=1S/C10H14BrNO5S2/c1-17-10(14)7-6-8(9(11)18-7)19(15,16)12-4-2-3-5-13/h6,12-13H,2-5H2,1H3. The molecule has 2 N–H and O–H groups in total. The average Bonchev–Trinajstić information content (AvgIpc) is 2.76. The summed E-state index contributed by atoms with van der Waals surface area (Å²) in [5.74, 6) is -0.576. The molecule has 0 aliphatic rings. The van der Waals surface area contributed by atoms with Crippen LogP contribution in [0.25, 0.3) is 0 Å². The van der Waals surface area contributed by atoms with Crippen molar-refractivity contribution in [1.82, 2.24) is 4.72 Å². The predicted molar refractivity (Wildman–Crippen MR) is 74.9 cm³/mol. The Kier molecular flexibility index (Phi) is 6.40. The molecule has 108 valence electrons. The summed E-state index contributed by atoms with van der Waals surface area (Å²) in [6, 6.07) is 1.27.